The van der Waals surface area contributed by atoms with Crippen LogP contribution in [0, 0.1) is 0 Å². The normalized spacial score (nSPS) is 8.12. The number of primary amides is 1. The molecule has 3 nitrogen and oxygen atoms in total. The standard InChI is InChI=1S/C4H6FNO2/c1-3(5)8-2-4(6)7/h1-2H2,(H2,6,7). The summed E-state index contributed by atoms with van der Waals surface area (Å²) in [6.07, 6.45) is 0. The first-order valence-corrected chi connectivity index (χ1v) is 1.88. The molecule has 0 unspecified atom stereocenters. The highest BCUT2D eigenvalue weighted by atomic mass is 19.1. The maximum Gasteiger partial charge on any atom is 0.265 e. The van der Waals surface area contributed by atoms with Gasteiger partial charge in [-0.05, 0) is 6.58 Å². The van der Waals surface area contributed by atoms with E-state index in [2.05, 4.69) is 17.0 Å². The van der Waals surface area contributed by atoms with E-state index >= 15 is 0 Å². The Morgan fingerprint density at radius 2 is 2.38 bits per heavy atom. The summed E-state index contributed by atoms with van der Waals surface area (Å²) in [5.41, 5.74) is 4.57. The quantitative estimate of drug-likeness (QED) is 0.528. The van der Waals surface area contributed by atoms with Gasteiger partial charge in [-0.1, -0.05) is 0 Å². The highest BCUT2D eigenvalue weighted by Gasteiger charge is 1.93. The monoisotopic (exact) mass is 119 g/mol. The summed E-state index contributed by atoms with van der Waals surface area (Å²) >= 11 is 0. The molecule has 0 radical (unpaired) electrons. The van der Waals surface area contributed by atoms with Crippen LogP contribution in [-0.4, -0.2) is 12.5 Å². The molecule has 0 aliphatic carbocycles. The molecule has 1 amide bonds. The number of hydrogen-bond acceptors (Lipinski definition) is 2. The highest BCUT2D eigenvalue weighted by Crippen LogP contribution is 1.90. The molecule has 0 rings (SSSR count). The highest BCUT2D eigenvalue weighted by molar-refractivity contribution is 5.75. The van der Waals surface area contributed by atoms with Crippen molar-refractivity contribution in [3.8, 4) is 0 Å². The van der Waals surface area contributed by atoms with E-state index in [0.29, 0.717) is 0 Å². The predicted octanol–water partition coefficient (Wildman–Crippen LogP) is -0.0710. The molecule has 4 heteroatoms. The van der Waals surface area contributed by atoms with Crippen molar-refractivity contribution in [2.45, 2.75) is 0 Å². The van der Waals surface area contributed by atoms with Crippen LogP contribution in [0.1, 0.15) is 0 Å². The van der Waals surface area contributed by atoms with E-state index < -0.39 is 18.5 Å². The largest absolute Gasteiger partial charge is 0.461 e. The zero-order valence-electron chi connectivity index (χ0n) is 4.19. The molecular formula is C4H6FNO2. The molecule has 46 valence electrons. The lowest BCUT2D eigenvalue weighted by Gasteiger charge is -1.94. The lowest BCUT2D eigenvalue weighted by molar-refractivity contribution is -0.121. The Kier molecular flexibility index (Phi) is 2.61. The van der Waals surface area contributed by atoms with Gasteiger partial charge in [0.05, 0.1) is 0 Å². The summed E-state index contributed by atoms with van der Waals surface area (Å²) in [5, 5.41) is 0. The molecule has 0 aromatic rings. The number of carbonyl (C=O) groups excluding carboxylic acids is 1. The molecule has 0 bridgehead atoms. The maximum absolute atomic E-state index is 11.4. The minimum atomic E-state index is -0.996. The molecule has 8 heavy (non-hydrogen) atoms. The smallest absolute Gasteiger partial charge is 0.265 e. The van der Waals surface area contributed by atoms with Crippen molar-refractivity contribution < 1.29 is 13.9 Å². The van der Waals surface area contributed by atoms with E-state index in [1.807, 2.05) is 0 Å². The number of hydrogen-bond donors (Lipinski definition) is 1. The van der Waals surface area contributed by atoms with Crippen LogP contribution in [0.3, 0.4) is 0 Å². The third-order valence-corrected chi connectivity index (χ3v) is 0.371. The Morgan fingerprint density at radius 1 is 1.88 bits per heavy atom. The molecule has 0 aliphatic heterocycles. The van der Waals surface area contributed by atoms with Crippen LogP contribution in [0.2, 0.25) is 0 Å². The van der Waals surface area contributed by atoms with Crippen LogP contribution >= 0.6 is 0 Å². The maximum atomic E-state index is 11.4. The van der Waals surface area contributed by atoms with Gasteiger partial charge in [0.2, 0.25) is 0 Å². The second-order valence-electron chi connectivity index (χ2n) is 1.11. The molecule has 2 N–H and O–H groups in total. The molecular weight excluding hydrogens is 113 g/mol. The van der Waals surface area contributed by atoms with Gasteiger partial charge in [-0.3, -0.25) is 4.79 Å². The summed E-state index contributed by atoms with van der Waals surface area (Å²) in [6, 6.07) is -0.996. The summed E-state index contributed by atoms with van der Waals surface area (Å²) in [6.45, 7) is 2.28. The first-order valence-electron chi connectivity index (χ1n) is 1.88. The van der Waals surface area contributed by atoms with Gasteiger partial charge in [-0.15, -0.1) is 0 Å². The zero-order chi connectivity index (χ0) is 6.57. The minimum absolute atomic E-state index is 0.449. The fourth-order valence-corrected chi connectivity index (χ4v) is 0.149. The van der Waals surface area contributed by atoms with Crippen molar-refractivity contribution in [1.82, 2.24) is 0 Å². The summed E-state index contributed by atoms with van der Waals surface area (Å²) in [5.74, 6) is -0.719. The van der Waals surface area contributed by atoms with Crippen molar-refractivity contribution >= 4 is 5.91 Å². The summed E-state index contributed by atoms with van der Waals surface area (Å²) in [4.78, 5) is 9.79. The van der Waals surface area contributed by atoms with Crippen molar-refractivity contribution in [3.05, 3.63) is 12.6 Å². The van der Waals surface area contributed by atoms with Gasteiger partial charge in [0.1, 0.15) is 0 Å². The lowest BCUT2D eigenvalue weighted by atomic mass is 10.7. The first-order chi connectivity index (χ1) is 3.63. The third-order valence-electron chi connectivity index (χ3n) is 0.371. The molecule has 0 saturated carbocycles. The molecule has 0 aliphatic rings. The number of nitrogens with two attached hydrogens (primary N) is 1. The predicted molar refractivity (Wildman–Crippen MR) is 25.4 cm³/mol. The van der Waals surface area contributed by atoms with E-state index in [4.69, 9.17) is 0 Å². The zero-order valence-corrected chi connectivity index (χ0v) is 4.19. The molecule has 0 fully saturated rings. The average Bonchev–Trinajstić information content (AvgIpc) is 1.61. The van der Waals surface area contributed by atoms with Crippen LogP contribution in [0.15, 0.2) is 12.6 Å². The van der Waals surface area contributed by atoms with E-state index in [1.54, 1.807) is 0 Å². The Morgan fingerprint density at radius 3 is 2.50 bits per heavy atom. The van der Waals surface area contributed by atoms with Gasteiger partial charge in [-0.25, -0.2) is 0 Å². The van der Waals surface area contributed by atoms with Crippen LogP contribution in [0.25, 0.3) is 0 Å². The average molecular weight is 119 g/mol. The molecule has 0 aromatic carbocycles. The van der Waals surface area contributed by atoms with Crippen LogP contribution in [-0.2, 0) is 9.53 Å². The lowest BCUT2D eigenvalue weighted by Crippen LogP contribution is -2.17. The van der Waals surface area contributed by atoms with Gasteiger partial charge in [0.25, 0.3) is 11.9 Å². The van der Waals surface area contributed by atoms with Crippen molar-refractivity contribution in [1.29, 1.82) is 0 Å². The van der Waals surface area contributed by atoms with Crippen LogP contribution < -0.4 is 5.73 Å². The van der Waals surface area contributed by atoms with Crippen molar-refractivity contribution in [3.63, 3.8) is 0 Å². The minimum Gasteiger partial charge on any atom is -0.461 e. The van der Waals surface area contributed by atoms with Gasteiger partial charge < -0.3 is 10.5 Å². The summed E-state index contributed by atoms with van der Waals surface area (Å²) in [7, 11) is 0. The number of amides is 1. The molecule has 0 atom stereocenters. The molecule has 0 spiro atoms. The second kappa shape index (κ2) is 3.01. The third kappa shape index (κ3) is 4.94. The second-order valence-corrected chi connectivity index (χ2v) is 1.11. The number of rotatable bonds is 3. The van der Waals surface area contributed by atoms with E-state index in [-0.39, 0.29) is 0 Å². The fraction of sp³-hybridized carbons (Fsp3) is 0.250. The van der Waals surface area contributed by atoms with Crippen molar-refractivity contribution in [2.24, 2.45) is 5.73 Å². The Bertz CT molecular complexity index is 98.6. The van der Waals surface area contributed by atoms with E-state index in [0.717, 1.165) is 0 Å². The molecule has 0 saturated heterocycles. The van der Waals surface area contributed by atoms with E-state index in [9.17, 15) is 9.18 Å². The number of ether oxygens (including phenoxy) is 1. The van der Waals surface area contributed by atoms with E-state index in [1.165, 1.54) is 0 Å². The van der Waals surface area contributed by atoms with Gasteiger partial charge in [-0.2, -0.15) is 4.39 Å². The van der Waals surface area contributed by atoms with Crippen molar-refractivity contribution in [2.75, 3.05) is 6.61 Å². The van der Waals surface area contributed by atoms with Crippen LogP contribution in [0.4, 0.5) is 4.39 Å². The van der Waals surface area contributed by atoms with Crippen LogP contribution in [0.5, 0.6) is 0 Å². The van der Waals surface area contributed by atoms with Gasteiger partial charge >= 0.3 is 0 Å². The molecule has 0 heterocycles. The molecule has 0 aromatic heterocycles. The van der Waals surface area contributed by atoms with Gasteiger partial charge in [0.15, 0.2) is 6.61 Å². The Balaban J connectivity index is 3.18. The van der Waals surface area contributed by atoms with Gasteiger partial charge in [0, 0.05) is 0 Å². The number of halogens is 1. The fourth-order valence-electron chi connectivity index (χ4n) is 0.149. The Labute approximate surface area is 45.9 Å². The number of carbonyl (C=O) groups is 1. The SMILES string of the molecule is C=C(F)OCC(N)=O. The topological polar surface area (TPSA) is 52.3 Å². The Hall–Kier alpha value is -1.06. The summed E-state index contributed by atoms with van der Waals surface area (Å²) < 4.78 is 15.4. The first kappa shape index (κ1) is 6.94.